The summed E-state index contributed by atoms with van der Waals surface area (Å²) in [5.74, 6) is -1.54. The summed E-state index contributed by atoms with van der Waals surface area (Å²) in [4.78, 5) is 26.5. The molecular weight excluding hydrogens is 373 g/mol. The van der Waals surface area contributed by atoms with Crippen LogP contribution in [0.3, 0.4) is 0 Å². The van der Waals surface area contributed by atoms with Crippen molar-refractivity contribution < 1.29 is 27.5 Å². The van der Waals surface area contributed by atoms with Crippen molar-refractivity contribution in [3.8, 4) is 5.75 Å². The molecule has 1 amide bonds. The monoisotopic (exact) mass is 382 g/mol. The fraction of sp³-hybridized carbons (Fsp3) is 0.133. The first kappa shape index (κ1) is 17.9. The van der Waals surface area contributed by atoms with Crippen LogP contribution in [-0.2, 0) is 9.59 Å². The van der Waals surface area contributed by atoms with Gasteiger partial charge in [-0.1, -0.05) is 12.1 Å². The average molecular weight is 382 g/mol. The third-order valence-electron chi connectivity index (χ3n) is 3.15. The van der Waals surface area contributed by atoms with Crippen LogP contribution in [0.5, 0.6) is 5.75 Å². The van der Waals surface area contributed by atoms with Gasteiger partial charge in [0.05, 0.1) is 5.57 Å². The van der Waals surface area contributed by atoms with Gasteiger partial charge in [-0.25, -0.2) is 0 Å². The summed E-state index contributed by atoms with van der Waals surface area (Å²) in [5, 5.41) is 10.5. The van der Waals surface area contributed by atoms with Crippen LogP contribution in [0.2, 0.25) is 0 Å². The van der Waals surface area contributed by atoms with E-state index in [4.69, 9.17) is 10.1 Å². The molecule has 0 spiro atoms. The van der Waals surface area contributed by atoms with Crippen molar-refractivity contribution in [1.82, 2.24) is 5.01 Å². The van der Waals surface area contributed by atoms with E-state index >= 15 is 0 Å². The topological polar surface area (TPSA) is 95.2 Å². The van der Waals surface area contributed by atoms with Gasteiger partial charge in [0.15, 0.2) is 5.84 Å². The molecule has 1 aromatic carbocycles. The minimum atomic E-state index is -4.69. The summed E-state index contributed by atoms with van der Waals surface area (Å²) in [5.41, 5.74) is 0.265. The zero-order valence-corrected chi connectivity index (χ0v) is 13.8. The SMILES string of the molecule is CC(=O)Oc1ccc(/C=C2\C(=N)N3N=C(C(F)(F)F)SC3=NC2=O)cc1. The van der Waals surface area contributed by atoms with Crippen LogP contribution in [-0.4, -0.2) is 39.1 Å². The minimum Gasteiger partial charge on any atom is -0.427 e. The molecule has 134 valence electrons. The van der Waals surface area contributed by atoms with E-state index in [0.29, 0.717) is 16.3 Å². The summed E-state index contributed by atoms with van der Waals surface area (Å²) < 4.78 is 43.1. The molecule has 2 aliphatic heterocycles. The number of carbonyl (C=O) groups excluding carboxylic acids is 2. The zero-order valence-electron chi connectivity index (χ0n) is 13.0. The number of halogens is 3. The molecule has 0 aliphatic carbocycles. The predicted octanol–water partition coefficient (Wildman–Crippen LogP) is 2.79. The lowest BCUT2D eigenvalue weighted by Crippen LogP contribution is -2.35. The van der Waals surface area contributed by atoms with Gasteiger partial charge in [-0.2, -0.15) is 28.3 Å². The fourth-order valence-electron chi connectivity index (χ4n) is 2.07. The number of amides is 1. The molecule has 1 N–H and O–H groups in total. The van der Waals surface area contributed by atoms with Crippen LogP contribution in [0, 0.1) is 5.41 Å². The molecule has 2 aliphatic rings. The Balaban J connectivity index is 1.89. The minimum absolute atomic E-state index is 0.189. The summed E-state index contributed by atoms with van der Waals surface area (Å²) in [6.45, 7) is 1.25. The second-order valence-corrected chi connectivity index (χ2v) is 6.04. The van der Waals surface area contributed by atoms with Crippen molar-refractivity contribution in [3.05, 3.63) is 35.4 Å². The van der Waals surface area contributed by atoms with Gasteiger partial charge in [0.2, 0.25) is 10.2 Å². The van der Waals surface area contributed by atoms with Gasteiger partial charge >= 0.3 is 12.1 Å². The summed E-state index contributed by atoms with van der Waals surface area (Å²) in [6, 6.07) is 6.00. The van der Waals surface area contributed by atoms with E-state index in [1.165, 1.54) is 37.3 Å². The number of carbonyl (C=O) groups is 2. The number of nitrogens with zero attached hydrogens (tertiary/aromatic N) is 3. The molecule has 0 aromatic heterocycles. The maximum atomic E-state index is 12.8. The zero-order chi connectivity index (χ0) is 19.1. The third-order valence-corrected chi connectivity index (χ3v) is 4.10. The van der Waals surface area contributed by atoms with Gasteiger partial charge in [0.1, 0.15) is 5.75 Å². The van der Waals surface area contributed by atoms with Crippen LogP contribution in [0.15, 0.2) is 39.9 Å². The molecule has 1 aromatic rings. The highest BCUT2D eigenvalue weighted by Crippen LogP contribution is 2.35. The molecule has 0 saturated heterocycles. The molecule has 0 atom stereocenters. The highest BCUT2D eigenvalue weighted by Gasteiger charge is 2.46. The second-order valence-electron chi connectivity index (χ2n) is 5.09. The molecule has 3 rings (SSSR count). The van der Waals surface area contributed by atoms with Crippen molar-refractivity contribution in [2.75, 3.05) is 0 Å². The van der Waals surface area contributed by atoms with Gasteiger partial charge in [-0.15, -0.1) is 0 Å². The number of hydrogen-bond acceptors (Lipinski definition) is 6. The summed E-state index contributed by atoms with van der Waals surface area (Å²) in [6.07, 6.45) is -3.39. The lowest BCUT2D eigenvalue weighted by molar-refractivity contribution is -0.131. The van der Waals surface area contributed by atoms with Crippen LogP contribution < -0.4 is 4.74 Å². The van der Waals surface area contributed by atoms with Crippen LogP contribution >= 0.6 is 11.8 Å². The number of nitrogens with one attached hydrogen (secondary N) is 1. The van der Waals surface area contributed by atoms with Crippen molar-refractivity contribution in [3.63, 3.8) is 0 Å². The molecule has 0 bridgehead atoms. The van der Waals surface area contributed by atoms with E-state index < -0.39 is 28.9 Å². The Bertz CT molecular complexity index is 904. The molecule has 0 saturated carbocycles. The summed E-state index contributed by atoms with van der Waals surface area (Å²) >= 11 is 0.189. The summed E-state index contributed by atoms with van der Waals surface area (Å²) in [7, 11) is 0. The first-order valence-electron chi connectivity index (χ1n) is 7.01. The van der Waals surface area contributed by atoms with E-state index in [2.05, 4.69) is 10.1 Å². The smallest absolute Gasteiger partial charge is 0.427 e. The number of ether oxygens (including phenoxy) is 1. The highest BCUT2D eigenvalue weighted by atomic mass is 32.2. The normalized spacial score (nSPS) is 18.6. The fourth-order valence-corrected chi connectivity index (χ4v) is 2.83. The molecule has 26 heavy (non-hydrogen) atoms. The standard InChI is InChI=1S/C15H9F3N4O3S/c1-7(23)25-9-4-2-8(3-5-9)6-10-11(19)22-14(20-12(10)24)26-13(21-22)15(16,17)18/h2-6,19H,1H3/b10-6+,19-11?. The number of aliphatic imine (C=N–C) groups is 1. The van der Waals surface area contributed by atoms with Gasteiger partial charge < -0.3 is 4.74 Å². The van der Waals surface area contributed by atoms with E-state index in [9.17, 15) is 22.8 Å². The number of rotatable bonds is 2. The number of esters is 1. The van der Waals surface area contributed by atoms with Crippen LogP contribution in [0.4, 0.5) is 13.2 Å². The Labute approximate surface area is 148 Å². The number of fused-ring (bicyclic) bond motifs is 1. The third kappa shape index (κ3) is 3.52. The van der Waals surface area contributed by atoms with Crippen LogP contribution in [0.25, 0.3) is 6.08 Å². The Morgan fingerprint density at radius 1 is 1.31 bits per heavy atom. The lowest BCUT2D eigenvalue weighted by atomic mass is 10.1. The molecule has 0 unspecified atom stereocenters. The number of hydrogen-bond donors (Lipinski definition) is 1. The van der Waals surface area contributed by atoms with Gasteiger partial charge in [0.25, 0.3) is 5.91 Å². The van der Waals surface area contributed by atoms with Crippen LogP contribution in [0.1, 0.15) is 12.5 Å². The largest absolute Gasteiger partial charge is 0.441 e. The van der Waals surface area contributed by atoms with Gasteiger partial charge in [-0.3, -0.25) is 15.0 Å². The molecule has 0 fully saturated rings. The number of benzene rings is 1. The van der Waals surface area contributed by atoms with Gasteiger partial charge in [0, 0.05) is 6.92 Å². The van der Waals surface area contributed by atoms with Gasteiger partial charge in [-0.05, 0) is 35.5 Å². The Morgan fingerprint density at radius 3 is 2.54 bits per heavy atom. The van der Waals surface area contributed by atoms with E-state index in [-0.39, 0.29) is 22.5 Å². The number of hydrazone groups is 1. The first-order valence-corrected chi connectivity index (χ1v) is 7.82. The van der Waals surface area contributed by atoms with E-state index in [0.717, 1.165) is 0 Å². The Morgan fingerprint density at radius 2 is 1.96 bits per heavy atom. The molecule has 0 radical (unpaired) electrons. The number of amidine groups is 2. The van der Waals surface area contributed by atoms with E-state index in [1.54, 1.807) is 0 Å². The molecule has 11 heteroatoms. The van der Waals surface area contributed by atoms with Crippen molar-refractivity contribution >= 4 is 45.8 Å². The molecule has 7 nitrogen and oxygen atoms in total. The van der Waals surface area contributed by atoms with Crippen molar-refractivity contribution in [2.24, 2.45) is 10.1 Å². The Kier molecular flexibility index (Phi) is 4.40. The first-order chi connectivity index (χ1) is 12.1. The predicted molar refractivity (Wildman–Crippen MR) is 88.8 cm³/mol. The highest BCUT2D eigenvalue weighted by molar-refractivity contribution is 8.27. The number of alkyl halides is 3. The molecule has 2 heterocycles. The molecular formula is C15H9F3N4O3S. The van der Waals surface area contributed by atoms with E-state index in [1.807, 2.05) is 0 Å². The van der Waals surface area contributed by atoms with Crippen molar-refractivity contribution in [1.29, 1.82) is 5.41 Å². The maximum Gasteiger partial charge on any atom is 0.441 e. The maximum absolute atomic E-state index is 12.8. The quantitative estimate of drug-likeness (QED) is 0.482. The Hall–Kier alpha value is -2.95. The average Bonchev–Trinajstić information content (AvgIpc) is 2.97. The lowest BCUT2D eigenvalue weighted by Gasteiger charge is -2.20. The number of thioether (sulfide) groups is 1. The van der Waals surface area contributed by atoms with Crippen molar-refractivity contribution in [2.45, 2.75) is 13.1 Å². The second kappa shape index (κ2) is 6.41.